The van der Waals surface area contributed by atoms with Gasteiger partial charge >= 0.3 is 0 Å². The van der Waals surface area contributed by atoms with Crippen molar-refractivity contribution in [3.8, 4) is 0 Å². The minimum absolute atomic E-state index is 0.190. The molecule has 1 fully saturated rings. The summed E-state index contributed by atoms with van der Waals surface area (Å²) in [6.45, 7) is 3.53. The molecule has 1 saturated heterocycles. The maximum atomic E-state index is 12.5. The van der Waals surface area contributed by atoms with Gasteiger partial charge in [-0.3, -0.25) is 4.79 Å². The predicted octanol–water partition coefficient (Wildman–Crippen LogP) is 2.30. The van der Waals surface area contributed by atoms with Crippen LogP contribution in [0.4, 0.5) is 0 Å². The first-order valence-electron chi connectivity index (χ1n) is 7.58. The van der Waals surface area contributed by atoms with Crippen LogP contribution in [-0.2, 0) is 4.79 Å². The van der Waals surface area contributed by atoms with Crippen LogP contribution in [-0.4, -0.2) is 37.0 Å². The van der Waals surface area contributed by atoms with Gasteiger partial charge in [0.05, 0.1) is 5.92 Å². The second-order valence-corrected chi connectivity index (χ2v) is 5.67. The molecule has 2 heterocycles. The van der Waals surface area contributed by atoms with E-state index in [-0.39, 0.29) is 5.92 Å². The Labute approximate surface area is 120 Å². The number of rotatable bonds is 2. The maximum Gasteiger partial charge on any atom is 0.227 e. The number of hydrogen-bond donors (Lipinski definition) is 1. The second-order valence-electron chi connectivity index (χ2n) is 5.67. The second kappa shape index (κ2) is 6.23. The lowest BCUT2D eigenvalue weighted by molar-refractivity contribution is -0.135. The van der Waals surface area contributed by atoms with Crippen LogP contribution in [0.25, 0.3) is 5.57 Å². The summed E-state index contributed by atoms with van der Waals surface area (Å²) >= 11 is 0. The number of nitrogens with zero attached hydrogens (tertiary/aromatic N) is 1. The highest BCUT2D eigenvalue weighted by Gasteiger charge is 2.26. The average Bonchev–Trinajstić information content (AvgIpc) is 2.56. The van der Waals surface area contributed by atoms with Crippen LogP contribution in [0, 0.1) is 5.92 Å². The fourth-order valence-corrected chi connectivity index (χ4v) is 3.10. The minimum Gasteiger partial charge on any atom is -0.338 e. The molecule has 20 heavy (non-hydrogen) atoms. The van der Waals surface area contributed by atoms with Gasteiger partial charge in [0.25, 0.3) is 0 Å². The summed E-state index contributed by atoms with van der Waals surface area (Å²) in [5.41, 5.74) is 2.66. The fourth-order valence-electron chi connectivity index (χ4n) is 3.10. The third-order valence-corrected chi connectivity index (χ3v) is 4.31. The van der Waals surface area contributed by atoms with Crippen LogP contribution in [0.2, 0.25) is 0 Å². The Morgan fingerprint density at radius 3 is 2.75 bits per heavy atom. The van der Waals surface area contributed by atoms with Gasteiger partial charge in [-0.15, -0.1) is 0 Å². The number of benzene rings is 1. The molecule has 106 valence electrons. The summed E-state index contributed by atoms with van der Waals surface area (Å²) in [6, 6.07) is 10.5. The molecule has 1 amide bonds. The molecule has 1 aromatic carbocycles. The zero-order valence-corrected chi connectivity index (χ0v) is 11.8. The number of hydrogen-bond acceptors (Lipinski definition) is 2. The smallest absolute Gasteiger partial charge is 0.227 e. The average molecular weight is 270 g/mol. The largest absolute Gasteiger partial charge is 0.338 e. The molecule has 3 rings (SSSR count). The van der Waals surface area contributed by atoms with Gasteiger partial charge in [0.1, 0.15) is 0 Å². The van der Waals surface area contributed by atoms with Gasteiger partial charge in [-0.2, -0.15) is 0 Å². The zero-order chi connectivity index (χ0) is 13.8. The third-order valence-electron chi connectivity index (χ3n) is 4.31. The highest BCUT2D eigenvalue weighted by atomic mass is 16.2. The van der Waals surface area contributed by atoms with Crippen molar-refractivity contribution in [3.63, 3.8) is 0 Å². The molecule has 0 bridgehead atoms. The lowest BCUT2D eigenvalue weighted by atomic mass is 9.95. The quantitative estimate of drug-likeness (QED) is 0.894. The maximum absolute atomic E-state index is 12.5. The van der Waals surface area contributed by atoms with Crippen LogP contribution in [0.5, 0.6) is 0 Å². The van der Waals surface area contributed by atoms with Crippen molar-refractivity contribution >= 4 is 11.5 Å². The standard InChI is InChI=1S/C17H22N2O/c20-17(16-7-4-10-18-13-16)19-11-8-15(9-12-19)14-5-2-1-3-6-14/h1-3,5-6,8,16,18H,4,7,9-13H2/t16-/m0/s1. The van der Waals surface area contributed by atoms with Gasteiger partial charge in [0.2, 0.25) is 5.91 Å². The normalized spacial score (nSPS) is 23.3. The van der Waals surface area contributed by atoms with Crippen LogP contribution in [0.1, 0.15) is 24.8 Å². The third kappa shape index (κ3) is 2.93. The Balaban J connectivity index is 1.62. The van der Waals surface area contributed by atoms with E-state index in [1.54, 1.807) is 0 Å². The first-order valence-corrected chi connectivity index (χ1v) is 7.58. The van der Waals surface area contributed by atoms with Crippen molar-refractivity contribution in [2.45, 2.75) is 19.3 Å². The molecule has 0 aromatic heterocycles. The number of nitrogens with one attached hydrogen (secondary N) is 1. The van der Waals surface area contributed by atoms with Crippen LogP contribution in [0.15, 0.2) is 36.4 Å². The van der Waals surface area contributed by atoms with E-state index in [0.29, 0.717) is 5.91 Å². The Morgan fingerprint density at radius 1 is 1.25 bits per heavy atom. The minimum atomic E-state index is 0.190. The van der Waals surface area contributed by atoms with Gasteiger partial charge in [0, 0.05) is 19.6 Å². The molecule has 1 N–H and O–H groups in total. The topological polar surface area (TPSA) is 32.3 Å². The van der Waals surface area contributed by atoms with E-state index in [1.165, 1.54) is 11.1 Å². The Bertz CT molecular complexity index is 489. The van der Waals surface area contributed by atoms with Gasteiger partial charge in [-0.1, -0.05) is 36.4 Å². The van der Waals surface area contributed by atoms with Crippen LogP contribution < -0.4 is 5.32 Å². The van der Waals surface area contributed by atoms with Gasteiger partial charge < -0.3 is 10.2 Å². The Hall–Kier alpha value is -1.61. The molecule has 0 saturated carbocycles. The Kier molecular flexibility index (Phi) is 4.16. The van der Waals surface area contributed by atoms with Crippen molar-refractivity contribution in [2.75, 3.05) is 26.2 Å². The number of amides is 1. The van der Waals surface area contributed by atoms with E-state index in [4.69, 9.17) is 0 Å². The SMILES string of the molecule is O=C([C@H]1CCCNC1)N1CC=C(c2ccccc2)CC1. The summed E-state index contributed by atoms with van der Waals surface area (Å²) in [4.78, 5) is 14.5. The van der Waals surface area contributed by atoms with E-state index in [0.717, 1.165) is 45.4 Å². The van der Waals surface area contributed by atoms with Gasteiger partial charge in [-0.05, 0) is 36.9 Å². The van der Waals surface area contributed by atoms with E-state index < -0.39 is 0 Å². The van der Waals surface area contributed by atoms with E-state index in [2.05, 4.69) is 35.7 Å². The molecule has 0 unspecified atom stereocenters. The van der Waals surface area contributed by atoms with Crippen molar-refractivity contribution in [2.24, 2.45) is 5.92 Å². The molecule has 2 aliphatic rings. The highest BCUT2D eigenvalue weighted by molar-refractivity contribution is 5.80. The van der Waals surface area contributed by atoms with E-state index >= 15 is 0 Å². The van der Waals surface area contributed by atoms with Crippen molar-refractivity contribution in [3.05, 3.63) is 42.0 Å². The first kappa shape index (κ1) is 13.4. The molecule has 1 aromatic rings. The number of piperidine rings is 1. The molecular formula is C17H22N2O. The molecule has 0 aliphatic carbocycles. The number of carbonyl (C=O) groups excluding carboxylic acids is 1. The summed E-state index contributed by atoms with van der Waals surface area (Å²) in [5.74, 6) is 0.524. The summed E-state index contributed by atoms with van der Waals surface area (Å²) in [5, 5.41) is 3.33. The van der Waals surface area contributed by atoms with Crippen LogP contribution in [0.3, 0.4) is 0 Å². The molecular weight excluding hydrogens is 248 g/mol. The molecule has 1 atom stereocenters. The van der Waals surface area contributed by atoms with Crippen molar-refractivity contribution in [1.82, 2.24) is 10.2 Å². The number of carbonyl (C=O) groups is 1. The van der Waals surface area contributed by atoms with Crippen molar-refractivity contribution < 1.29 is 4.79 Å². The summed E-state index contributed by atoms with van der Waals surface area (Å²) in [7, 11) is 0. The summed E-state index contributed by atoms with van der Waals surface area (Å²) < 4.78 is 0. The van der Waals surface area contributed by atoms with Crippen molar-refractivity contribution in [1.29, 1.82) is 0 Å². The molecule has 3 nitrogen and oxygen atoms in total. The van der Waals surface area contributed by atoms with Crippen LogP contribution >= 0.6 is 0 Å². The van der Waals surface area contributed by atoms with Gasteiger partial charge in [-0.25, -0.2) is 0 Å². The molecule has 0 spiro atoms. The first-order chi connectivity index (χ1) is 9.84. The zero-order valence-electron chi connectivity index (χ0n) is 11.8. The van der Waals surface area contributed by atoms with E-state index in [1.807, 2.05) is 11.0 Å². The fraction of sp³-hybridized carbons (Fsp3) is 0.471. The molecule has 0 radical (unpaired) electrons. The Morgan fingerprint density at radius 2 is 2.10 bits per heavy atom. The lowest BCUT2D eigenvalue weighted by Crippen LogP contribution is -2.44. The summed E-state index contributed by atoms with van der Waals surface area (Å²) in [6.07, 6.45) is 5.34. The molecule has 2 aliphatic heterocycles. The highest BCUT2D eigenvalue weighted by Crippen LogP contribution is 2.23. The lowest BCUT2D eigenvalue weighted by Gasteiger charge is -2.31. The van der Waals surface area contributed by atoms with Gasteiger partial charge in [0.15, 0.2) is 0 Å². The monoisotopic (exact) mass is 270 g/mol. The van der Waals surface area contributed by atoms with E-state index in [9.17, 15) is 4.79 Å². The predicted molar refractivity (Wildman–Crippen MR) is 81.2 cm³/mol. The molecule has 3 heteroatoms.